The van der Waals surface area contributed by atoms with E-state index in [4.69, 9.17) is 15.1 Å². The number of nitriles is 1. The summed E-state index contributed by atoms with van der Waals surface area (Å²) in [7, 11) is 1.60. The molecule has 2 amide bonds. The lowest BCUT2D eigenvalue weighted by Crippen LogP contribution is -2.21. The van der Waals surface area contributed by atoms with Gasteiger partial charge in [-0.05, 0) is 30.3 Å². The lowest BCUT2D eigenvalue weighted by Gasteiger charge is -2.14. The zero-order chi connectivity index (χ0) is 21.0. The van der Waals surface area contributed by atoms with Gasteiger partial charge in [-0.25, -0.2) is 9.48 Å². The smallest absolute Gasteiger partial charge is 0.324 e. The Morgan fingerprint density at radius 3 is 2.55 bits per heavy atom. The number of methoxy groups -OCH3 is 1. The lowest BCUT2D eigenvalue weighted by atomic mass is 9.92. The number of rotatable bonds is 4. The van der Waals surface area contributed by atoms with E-state index in [1.807, 2.05) is 30.3 Å². The molecule has 0 aliphatic carbocycles. The van der Waals surface area contributed by atoms with E-state index in [1.165, 1.54) is 0 Å². The quantitative estimate of drug-likeness (QED) is 0.677. The zero-order valence-corrected chi connectivity index (χ0v) is 16.9. The number of aromatic nitrogens is 2. The minimum atomic E-state index is -0.426. The number of urea groups is 1. The SMILES string of the molecule is COc1cccc(-n2nc(C(C)(C)C)cc2NC(=O)Nc2cccc(C#N)c2)c1. The third kappa shape index (κ3) is 4.74. The van der Waals surface area contributed by atoms with Crippen molar-refractivity contribution in [2.45, 2.75) is 26.2 Å². The minimum absolute atomic E-state index is 0.196. The Bertz CT molecular complexity index is 1070. The molecule has 29 heavy (non-hydrogen) atoms. The second kappa shape index (κ2) is 8.07. The number of nitrogens with zero attached hydrogens (tertiary/aromatic N) is 3. The summed E-state index contributed by atoms with van der Waals surface area (Å²) in [5.74, 6) is 1.22. The molecule has 0 fully saturated rings. The van der Waals surface area contributed by atoms with Gasteiger partial charge in [-0.2, -0.15) is 10.4 Å². The van der Waals surface area contributed by atoms with E-state index >= 15 is 0 Å². The molecule has 7 heteroatoms. The van der Waals surface area contributed by atoms with Gasteiger partial charge in [-0.3, -0.25) is 5.32 Å². The maximum absolute atomic E-state index is 12.6. The summed E-state index contributed by atoms with van der Waals surface area (Å²) in [4.78, 5) is 12.6. The van der Waals surface area contributed by atoms with Gasteiger partial charge >= 0.3 is 6.03 Å². The molecular weight excluding hydrogens is 366 g/mol. The normalized spacial score (nSPS) is 10.9. The molecule has 2 aromatic carbocycles. The van der Waals surface area contributed by atoms with Crippen LogP contribution in [0.3, 0.4) is 0 Å². The van der Waals surface area contributed by atoms with Gasteiger partial charge in [-0.1, -0.05) is 32.9 Å². The number of hydrogen-bond donors (Lipinski definition) is 2. The summed E-state index contributed by atoms with van der Waals surface area (Å²) in [5, 5.41) is 19.3. The fourth-order valence-electron chi connectivity index (χ4n) is 2.72. The van der Waals surface area contributed by atoms with E-state index in [-0.39, 0.29) is 5.41 Å². The topological polar surface area (TPSA) is 92.0 Å². The van der Waals surface area contributed by atoms with E-state index in [0.717, 1.165) is 11.4 Å². The van der Waals surface area contributed by atoms with E-state index in [9.17, 15) is 4.79 Å². The largest absolute Gasteiger partial charge is 0.497 e. The van der Waals surface area contributed by atoms with Gasteiger partial charge in [0, 0.05) is 23.2 Å². The number of carbonyl (C=O) groups excluding carboxylic acids is 1. The molecule has 0 aliphatic heterocycles. The van der Waals surface area contributed by atoms with Crippen LogP contribution in [0, 0.1) is 11.3 Å². The number of nitrogens with one attached hydrogen (secondary N) is 2. The second-order valence-corrected chi connectivity index (χ2v) is 7.55. The van der Waals surface area contributed by atoms with Crippen molar-refractivity contribution in [1.29, 1.82) is 5.26 Å². The molecule has 7 nitrogen and oxygen atoms in total. The first-order valence-electron chi connectivity index (χ1n) is 9.13. The molecule has 3 aromatic rings. The standard InChI is InChI=1S/C22H23N5O2/c1-22(2,3)19-13-20(27(26-19)17-9-6-10-18(12-17)29-4)25-21(28)24-16-8-5-7-15(11-16)14-23/h5-13H,1-4H3,(H2,24,25,28). The number of benzene rings is 2. The van der Waals surface area contributed by atoms with Crippen molar-refractivity contribution in [2.75, 3.05) is 17.7 Å². The Labute approximate surface area is 169 Å². The zero-order valence-electron chi connectivity index (χ0n) is 16.9. The van der Waals surface area contributed by atoms with E-state index < -0.39 is 6.03 Å². The summed E-state index contributed by atoms with van der Waals surface area (Å²) >= 11 is 0. The molecule has 1 aromatic heterocycles. The van der Waals surface area contributed by atoms with Gasteiger partial charge in [0.25, 0.3) is 0 Å². The summed E-state index contributed by atoms with van der Waals surface area (Å²) in [6.07, 6.45) is 0. The van der Waals surface area contributed by atoms with E-state index in [2.05, 4.69) is 37.5 Å². The van der Waals surface area contributed by atoms with Crippen molar-refractivity contribution in [2.24, 2.45) is 0 Å². The monoisotopic (exact) mass is 389 g/mol. The minimum Gasteiger partial charge on any atom is -0.497 e. The second-order valence-electron chi connectivity index (χ2n) is 7.55. The number of ether oxygens (including phenoxy) is 1. The molecule has 0 atom stereocenters. The van der Waals surface area contributed by atoms with Gasteiger partial charge in [-0.15, -0.1) is 0 Å². The van der Waals surface area contributed by atoms with Crippen molar-refractivity contribution < 1.29 is 9.53 Å². The first-order valence-corrected chi connectivity index (χ1v) is 9.13. The van der Waals surface area contributed by atoms with Gasteiger partial charge in [0.2, 0.25) is 0 Å². The Balaban J connectivity index is 1.91. The molecule has 0 aliphatic rings. The van der Waals surface area contributed by atoms with Gasteiger partial charge in [0.15, 0.2) is 0 Å². The van der Waals surface area contributed by atoms with E-state index in [0.29, 0.717) is 22.8 Å². The van der Waals surface area contributed by atoms with Crippen LogP contribution in [-0.2, 0) is 5.41 Å². The maximum atomic E-state index is 12.6. The third-order valence-electron chi connectivity index (χ3n) is 4.27. The van der Waals surface area contributed by atoms with Crippen molar-refractivity contribution in [3.05, 3.63) is 65.9 Å². The van der Waals surface area contributed by atoms with Crippen molar-refractivity contribution in [1.82, 2.24) is 9.78 Å². The average molecular weight is 389 g/mol. The van der Waals surface area contributed by atoms with Crippen LogP contribution in [-0.4, -0.2) is 22.9 Å². The van der Waals surface area contributed by atoms with Crippen LogP contribution in [0.4, 0.5) is 16.3 Å². The summed E-state index contributed by atoms with van der Waals surface area (Å²) in [5.41, 5.74) is 2.41. The molecule has 1 heterocycles. The highest BCUT2D eigenvalue weighted by Gasteiger charge is 2.21. The molecule has 0 saturated carbocycles. The number of anilines is 2. The van der Waals surface area contributed by atoms with Crippen LogP contribution < -0.4 is 15.4 Å². The first kappa shape index (κ1) is 20.0. The highest BCUT2D eigenvalue weighted by atomic mass is 16.5. The Morgan fingerprint density at radius 1 is 1.10 bits per heavy atom. The van der Waals surface area contributed by atoms with Crippen LogP contribution in [0.5, 0.6) is 5.75 Å². The average Bonchev–Trinajstić information content (AvgIpc) is 3.12. The molecular formula is C22H23N5O2. The summed E-state index contributed by atoms with van der Waals surface area (Å²) < 4.78 is 6.98. The highest BCUT2D eigenvalue weighted by Crippen LogP contribution is 2.27. The number of hydrogen-bond acceptors (Lipinski definition) is 4. The molecule has 148 valence electrons. The summed E-state index contributed by atoms with van der Waals surface area (Å²) in [6, 6.07) is 17.7. The molecule has 2 N–H and O–H groups in total. The molecule has 0 saturated heterocycles. The van der Waals surface area contributed by atoms with E-state index in [1.54, 1.807) is 36.1 Å². The molecule has 0 spiro atoms. The van der Waals surface area contributed by atoms with Crippen LogP contribution >= 0.6 is 0 Å². The fourth-order valence-corrected chi connectivity index (χ4v) is 2.72. The Morgan fingerprint density at radius 2 is 1.86 bits per heavy atom. The Kier molecular flexibility index (Phi) is 5.55. The van der Waals surface area contributed by atoms with Crippen LogP contribution in [0.15, 0.2) is 54.6 Å². The predicted octanol–water partition coefficient (Wildman–Crippen LogP) is 4.69. The molecule has 0 unspecified atom stereocenters. The van der Waals surface area contributed by atoms with Gasteiger partial charge < -0.3 is 10.1 Å². The van der Waals surface area contributed by atoms with Gasteiger partial charge in [0.05, 0.1) is 30.1 Å². The number of carbonyl (C=O) groups is 1. The lowest BCUT2D eigenvalue weighted by molar-refractivity contribution is 0.262. The van der Waals surface area contributed by atoms with Crippen molar-refractivity contribution in [3.63, 3.8) is 0 Å². The van der Waals surface area contributed by atoms with Crippen molar-refractivity contribution >= 4 is 17.5 Å². The highest BCUT2D eigenvalue weighted by molar-refractivity contribution is 5.99. The molecule has 3 rings (SSSR count). The third-order valence-corrected chi connectivity index (χ3v) is 4.27. The van der Waals surface area contributed by atoms with Crippen LogP contribution in [0.2, 0.25) is 0 Å². The first-order chi connectivity index (χ1) is 13.8. The Hall–Kier alpha value is -3.79. The number of amides is 2. The summed E-state index contributed by atoms with van der Waals surface area (Å²) in [6.45, 7) is 6.17. The predicted molar refractivity (Wildman–Crippen MR) is 113 cm³/mol. The van der Waals surface area contributed by atoms with Gasteiger partial charge in [0.1, 0.15) is 11.6 Å². The molecule has 0 bridgehead atoms. The fraction of sp³-hybridized carbons (Fsp3) is 0.227. The van der Waals surface area contributed by atoms with Crippen LogP contribution in [0.25, 0.3) is 5.69 Å². The molecule has 0 radical (unpaired) electrons. The maximum Gasteiger partial charge on any atom is 0.324 e. The van der Waals surface area contributed by atoms with Crippen molar-refractivity contribution in [3.8, 4) is 17.5 Å². The van der Waals surface area contributed by atoms with Crippen LogP contribution in [0.1, 0.15) is 32.0 Å².